The van der Waals surface area contributed by atoms with Crippen molar-refractivity contribution in [3.8, 4) is 0 Å². The van der Waals surface area contributed by atoms with Crippen LogP contribution in [0.1, 0.15) is 64.8 Å². The molecule has 1 N–H and O–H groups in total. The first-order valence-corrected chi connectivity index (χ1v) is 8.89. The molecule has 1 aromatic carbocycles. The minimum Gasteiger partial charge on any atom is -0.478 e. The fourth-order valence-corrected chi connectivity index (χ4v) is 3.88. The Balaban J connectivity index is 2.15. The number of alkyl halides is 3. The van der Waals surface area contributed by atoms with E-state index in [9.17, 15) is 27.9 Å². The van der Waals surface area contributed by atoms with Gasteiger partial charge in [0.25, 0.3) is 5.56 Å². The second-order valence-electron chi connectivity index (χ2n) is 6.81. The first kappa shape index (κ1) is 19.2. The van der Waals surface area contributed by atoms with Crippen LogP contribution in [0.2, 0.25) is 0 Å². The lowest BCUT2D eigenvalue weighted by molar-refractivity contribution is -0.138. The highest BCUT2D eigenvalue weighted by Gasteiger charge is 2.33. The zero-order chi connectivity index (χ0) is 19.8. The van der Waals surface area contributed by atoms with Gasteiger partial charge in [0.15, 0.2) is 0 Å². The van der Waals surface area contributed by atoms with Crippen LogP contribution in [0, 0.1) is 0 Å². The predicted molar refractivity (Wildman–Crippen MR) is 94.2 cm³/mol. The summed E-state index contributed by atoms with van der Waals surface area (Å²) in [5.74, 6) is -1.20. The van der Waals surface area contributed by atoms with Gasteiger partial charge in [0.05, 0.1) is 11.1 Å². The van der Waals surface area contributed by atoms with Crippen molar-refractivity contribution in [2.75, 3.05) is 0 Å². The summed E-state index contributed by atoms with van der Waals surface area (Å²) in [6.45, 7) is 2.32. The largest absolute Gasteiger partial charge is 0.478 e. The van der Waals surface area contributed by atoms with Crippen LogP contribution in [0.4, 0.5) is 13.2 Å². The molecule has 1 aliphatic heterocycles. The Bertz CT molecular complexity index is 931. The quantitative estimate of drug-likeness (QED) is 0.854. The van der Waals surface area contributed by atoms with E-state index in [2.05, 4.69) is 0 Å². The molecule has 0 saturated heterocycles. The maximum Gasteiger partial charge on any atom is 0.416 e. The molecule has 1 unspecified atom stereocenters. The van der Waals surface area contributed by atoms with E-state index in [-0.39, 0.29) is 29.0 Å². The molecule has 0 fully saturated rings. The Hall–Kier alpha value is -2.57. The Morgan fingerprint density at radius 1 is 1.26 bits per heavy atom. The van der Waals surface area contributed by atoms with E-state index >= 15 is 0 Å². The molecule has 0 radical (unpaired) electrons. The molecule has 0 amide bonds. The van der Waals surface area contributed by atoms with Crippen LogP contribution in [-0.4, -0.2) is 15.6 Å². The van der Waals surface area contributed by atoms with Gasteiger partial charge >= 0.3 is 12.1 Å². The van der Waals surface area contributed by atoms with Gasteiger partial charge < -0.3 is 9.67 Å². The van der Waals surface area contributed by atoms with E-state index in [0.29, 0.717) is 18.7 Å². The van der Waals surface area contributed by atoms with E-state index in [4.69, 9.17) is 0 Å². The molecule has 3 rings (SSSR count). The topological polar surface area (TPSA) is 59.3 Å². The fraction of sp³-hybridized carbons (Fsp3) is 0.400. The van der Waals surface area contributed by atoms with Crippen LogP contribution >= 0.6 is 0 Å². The molecule has 2 aromatic rings. The number of carboxylic acids is 1. The highest BCUT2D eigenvalue weighted by atomic mass is 19.4. The SMILES string of the molecule is CCC1CCCn2c1c(C(=O)O)cc(Cc1ccccc1C(F)(F)F)c2=O. The molecule has 1 aromatic heterocycles. The molecular formula is C20H20F3NO3. The van der Waals surface area contributed by atoms with E-state index in [1.54, 1.807) is 0 Å². The predicted octanol–water partition coefficient (Wildman–Crippen LogP) is 4.44. The molecule has 2 heterocycles. The summed E-state index contributed by atoms with van der Waals surface area (Å²) in [5.41, 5.74) is -0.665. The van der Waals surface area contributed by atoms with E-state index in [1.165, 1.54) is 28.8 Å². The summed E-state index contributed by atoms with van der Waals surface area (Å²) < 4.78 is 41.2. The van der Waals surface area contributed by atoms with Gasteiger partial charge in [0, 0.05) is 24.2 Å². The summed E-state index contributed by atoms with van der Waals surface area (Å²) in [4.78, 5) is 24.7. The van der Waals surface area contributed by atoms with E-state index in [1.807, 2.05) is 6.92 Å². The Morgan fingerprint density at radius 2 is 1.96 bits per heavy atom. The number of halogens is 3. The van der Waals surface area contributed by atoms with Crippen LogP contribution < -0.4 is 5.56 Å². The number of fused-ring (bicyclic) bond motifs is 1. The Labute approximate surface area is 154 Å². The highest BCUT2D eigenvalue weighted by molar-refractivity contribution is 5.89. The molecule has 144 valence electrons. The molecule has 1 atom stereocenters. The first-order chi connectivity index (χ1) is 12.7. The fourth-order valence-electron chi connectivity index (χ4n) is 3.88. The molecule has 0 aliphatic carbocycles. The molecule has 4 nitrogen and oxygen atoms in total. The number of aromatic nitrogens is 1. The lowest BCUT2D eigenvalue weighted by Crippen LogP contribution is -2.33. The lowest BCUT2D eigenvalue weighted by atomic mass is 9.88. The summed E-state index contributed by atoms with van der Waals surface area (Å²) >= 11 is 0. The van der Waals surface area contributed by atoms with Crippen molar-refractivity contribution in [1.29, 1.82) is 0 Å². The zero-order valence-electron chi connectivity index (χ0n) is 14.8. The zero-order valence-corrected chi connectivity index (χ0v) is 14.8. The van der Waals surface area contributed by atoms with Gasteiger partial charge in [0.1, 0.15) is 0 Å². The second-order valence-corrected chi connectivity index (χ2v) is 6.81. The van der Waals surface area contributed by atoms with Gasteiger partial charge in [-0.3, -0.25) is 4.79 Å². The van der Waals surface area contributed by atoms with Crippen LogP contribution in [0.5, 0.6) is 0 Å². The number of rotatable bonds is 4. The van der Waals surface area contributed by atoms with Crippen LogP contribution in [0.25, 0.3) is 0 Å². The number of hydrogen-bond donors (Lipinski definition) is 1. The van der Waals surface area contributed by atoms with E-state index in [0.717, 1.165) is 18.9 Å². The monoisotopic (exact) mass is 379 g/mol. The van der Waals surface area contributed by atoms with Crippen LogP contribution in [0.3, 0.4) is 0 Å². The number of pyridine rings is 1. The van der Waals surface area contributed by atoms with Crippen molar-refractivity contribution in [2.45, 2.75) is 51.2 Å². The number of carbonyl (C=O) groups is 1. The van der Waals surface area contributed by atoms with Gasteiger partial charge in [-0.05, 0) is 42.9 Å². The van der Waals surface area contributed by atoms with Crippen molar-refractivity contribution in [3.63, 3.8) is 0 Å². The number of carboxylic acid groups (broad SMARTS) is 1. The summed E-state index contributed by atoms with van der Waals surface area (Å²) in [6, 6.07) is 6.32. The molecule has 27 heavy (non-hydrogen) atoms. The van der Waals surface area contributed by atoms with Gasteiger partial charge in [-0.25, -0.2) is 4.79 Å². The minimum atomic E-state index is -4.54. The van der Waals surface area contributed by atoms with Crippen molar-refractivity contribution < 1.29 is 23.1 Å². The maximum absolute atomic E-state index is 13.3. The molecule has 0 spiro atoms. The second kappa shape index (κ2) is 7.21. The Kier molecular flexibility index (Phi) is 5.13. The number of aromatic carboxylic acids is 1. The van der Waals surface area contributed by atoms with Crippen molar-refractivity contribution in [3.05, 3.63) is 68.6 Å². The van der Waals surface area contributed by atoms with Crippen LogP contribution in [-0.2, 0) is 19.1 Å². The third-order valence-corrected chi connectivity index (χ3v) is 5.15. The standard InChI is InChI=1S/C20H20F3NO3/c1-2-12-7-5-9-24-17(12)15(19(26)27)11-14(18(24)25)10-13-6-3-4-8-16(13)20(21,22)23/h3-4,6,8,11-12H,2,5,7,9-10H2,1H3,(H,26,27). The average molecular weight is 379 g/mol. The van der Waals surface area contributed by atoms with E-state index < -0.39 is 23.3 Å². The summed E-state index contributed by atoms with van der Waals surface area (Å²) in [6.07, 6.45) is -2.55. The first-order valence-electron chi connectivity index (χ1n) is 8.89. The highest BCUT2D eigenvalue weighted by Crippen LogP contribution is 2.34. The number of hydrogen-bond acceptors (Lipinski definition) is 2. The normalized spacial score (nSPS) is 16.8. The van der Waals surface area contributed by atoms with Gasteiger partial charge in [-0.2, -0.15) is 13.2 Å². The maximum atomic E-state index is 13.3. The molecule has 7 heteroatoms. The lowest BCUT2D eigenvalue weighted by Gasteiger charge is -2.28. The third-order valence-electron chi connectivity index (χ3n) is 5.15. The van der Waals surface area contributed by atoms with Gasteiger partial charge in [-0.1, -0.05) is 25.1 Å². The molecule has 1 aliphatic rings. The van der Waals surface area contributed by atoms with Crippen LogP contribution in [0.15, 0.2) is 35.1 Å². The average Bonchev–Trinajstić information content (AvgIpc) is 2.62. The molecule has 0 bridgehead atoms. The summed E-state index contributed by atoms with van der Waals surface area (Å²) in [7, 11) is 0. The van der Waals surface area contributed by atoms with Crippen molar-refractivity contribution >= 4 is 5.97 Å². The Morgan fingerprint density at radius 3 is 2.59 bits per heavy atom. The minimum absolute atomic E-state index is 0.0145. The van der Waals surface area contributed by atoms with Gasteiger partial charge in [-0.15, -0.1) is 0 Å². The third kappa shape index (κ3) is 3.63. The summed E-state index contributed by atoms with van der Waals surface area (Å²) in [5, 5.41) is 9.62. The number of nitrogens with zero attached hydrogens (tertiary/aromatic N) is 1. The smallest absolute Gasteiger partial charge is 0.416 e. The van der Waals surface area contributed by atoms with Crippen molar-refractivity contribution in [2.24, 2.45) is 0 Å². The van der Waals surface area contributed by atoms with Crippen molar-refractivity contribution in [1.82, 2.24) is 4.57 Å². The molecular weight excluding hydrogens is 359 g/mol. The van der Waals surface area contributed by atoms with Gasteiger partial charge in [0.2, 0.25) is 0 Å². The molecule has 0 saturated carbocycles. The number of benzene rings is 1.